The van der Waals surface area contributed by atoms with E-state index >= 15 is 0 Å². The number of aromatic nitrogens is 2. The molecule has 5 nitrogen and oxygen atoms in total. The predicted octanol–water partition coefficient (Wildman–Crippen LogP) is 3.94. The van der Waals surface area contributed by atoms with Crippen LogP contribution in [0.3, 0.4) is 0 Å². The zero-order valence-electron chi connectivity index (χ0n) is 13.4. The summed E-state index contributed by atoms with van der Waals surface area (Å²) >= 11 is 5.86. The molecular weight excluding hydrogens is 340 g/mol. The normalized spacial score (nSPS) is 11.3. The molecule has 0 aliphatic carbocycles. The second-order valence-electron chi connectivity index (χ2n) is 5.44. The average molecular weight is 355 g/mol. The summed E-state index contributed by atoms with van der Waals surface area (Å²) in [6, 6.07) is 11.8. The van der Waals surface area contributed by atoms with E-state index in [2.05, 4.69) is 4.98 Å². The molecule has 0 saturated carbocycles. The quantitative estimate of drug-likeness (QED) is 0.770. The predicted molar refractivity (Wildman–Crippen MR) is 99.0 cm³/mol. The van der Waals surface area contributed by atoms with Gasteiger partial charge in [0.2, 0.25) is 0 Å². The molecule has 1 N–H and O–H groups in total. The van der Waals surface area contributed by atoms with Gasteiger partial charge < -0.3 is 9.67 Å². The van der Waals surface area contributed by atoms with E-state index in [1.807, 2.05) is 19.1 Å². The van der Waals surface area contributed by atoms with Crippen LogP contribution >= 0.6 is 11.6 Å². The van der Waals surface area contributed by atoms with E-state index < -0.39 is 5.97 Å². The number of halogens is 1. The number of carboxylic acid groups (broad SMARTS) is 1. The number of hydrogen-bond donors (Lipinski definition) is 1. The Kier molecular flexibility index (Phi) is 4.67. The van der Waals surface area contributed by atoms with E-state index in [0.717, 1.165) is 5.56 Å². The van der Waals surface area contributed by atoms with Gasteiger partial charge in [-0.2, -0.15) is 0 Å². The third kappa shape index (κ3) is 3.46. The Morgan fingerprint density at radius 1 is 1.20 bits per heavy atom. The molecule has 126 valence electrons. The van der Waals surface area contributed by atoms with Gasteiger partial charge in [-0.05, 0) is 48.9 Å². The first-order valence-corrected chi connectivity index (χ1v) is 8.09. The van der Waals surface area contributed by atoms with Crippen molar-refractivity contribution in [2.75, 3.05) is 0 Å². The maximum absolute atomic E-state index is 12.6. The summed E-state index contributed by atoms with van der Waals surface area (Å²) < 4.78 is 1.58. The summed E-state index contributed by atoms with van der Waals surface area (Å²) in [5.74, 6) is -1.03. The minimum absolute atomic E-state index is 0.133. The lowest BCUT2D eigenvalue weighted by Gasteiger charge is -2.09. The summed E-state index contributed by atoms with van der Waals surface area (Å²) in [6.45, 7) is 2.32. The molecule has 0 aliphatic rings. The Bertz CT molecular complexity index is 1040. The molecule has 0 spiro atoms. The van der Waals surface area contributed by atoms with Gasteiger partial charge in [0.05, 0.1) is 16.6 Å². The monoisotopic (exact) mass is 354 g/mol. The van der Waals surface area contributed by atoms with Crippen molar-refractivity contribution in [3.63, 3.8) is 0 Å². The highest BCUT2D eigenvalue weighted by Crippen LogP contribution is 2.15. The van der Waals surface area contributed by atoms with Gasteiger partial charge in [0.15, 0.2) is 0 Å². The fourth-order valence-corrected chi connectivity index (χ4v) is 2.70. The first-order valence-electron chi connectivity index (χ1n) is 7.71. The van der Waals surface area contributed by atoms with Crippen LogP contribution in [0.1, 0.15) is 28.5 Å². The van der Waals surface area contributed by atoms with Crippen molar-refractivity contribution in [2.24, 2.45) is 0 Å². The van der Waals surface area contributed by atoms with Gasteiger partial charge >= 0.3 is 5.97 Å². The van der Waals surface area contributed by atoms with E-state index in [9.17, 15) is 9.59 Å². The minimum atomic E-state index is -1.03. The molecule has 6 heteroatoms. The number of benzene rings is 2. The highest BCUT2D eigenvalue weighted by molar-refractivity contribution is 6.30. The van der Waals surface area contributed by atoms with Crippen molar-refractivity contribution in [1.29, 1.82) is 0 Å². The number of fused-ring (bicyclic) bond motifs is 1. The topological polar surface area (TPSA) is 72.2 Å². The van der Waals surface area contributed by atoms with Crippen molar-refractivity contribution in [3.8, 4) is 0 Å². The first kappa shape index (κ1) is 16.9. The van der Waals surface area contributed by atoms with E-state index in [-0.39, 0.29) is 16.8 Å². The van der Waals surface area contributed by atoms with Crippen LogP contribution in [0.4, 0.5) is 0 Å². The molecule has 0 atom stereocenters. The second-order valence-corrected chi connectivity index (χ2v) is 5.88. The number of carbonyl (C=O) groups is 1. The van der Waals surface area contributed by atoms with Crippen LogP contribution in [0.15, 0.2) is 47.3 Å². The number of rotatable bonds is 4. The van der Waals surface area contributed by atoms with E-state index in [1.54, 1.807) is 34.9 Å². The molecule has 1 aromatic heterocycles. The molecule has 0 amide bonds. The van der Waals surface area contributed by atoms with Crippen LogP contribution in [-0.2, 0) is 6.54 Å². The third-order valence-electron chi connectivity index (χ3n) is 3.84. The molecule has 0 radical (unpaired) electrons. The van der Waals surface area contributed by atoms with E-state index in [4.69, 9.17) is 16.7 Å². The number of carboxylic acids is 1. The summed E-state index contributed by atoms with van der Waals surface area (Å²) in [6.07, 6.45) is 3.40. The smallest absolute Gasteiger partial charge is 0.335 e. The summed E-state index contributed by atoms with van der Waals surface area (Å²) in [4.78, 5) is 28.1. The number of aryl methyl sites for hydroxylation is 1. The Labute approximate surface area is 148 Å². The van der Waals surface area contributed by atoms with E-state index in [0.29, 0.717) is 22.6 Å². The van der Waals surface area contributed by atoms with Gasteiger partial charge in [-0.15, -0.1) is 0 Å². The fraction of sp³-hybridized carbons (Fsp3) is 0.105. The van der Waals surface area contributed by atoms with E-state index in [1.165, 1.54) is 12.1 Å². The number of aromatic carboxylic acids is 1. The Balaban J connectivity index is 2.13. The summed E-state index contributed by atoms with van der Waals surface area (Å²) in [7, 11) is 0. The maximum Gasteiger partial charge on any atom is 0.335 e. The lowest BCUT2D eigenvalue weighted by atomic mass is 10.1. The van der Waals surface area contributed by atoms with Crippen LogP contribution in [0.5, 0.6) is 0 Å². The third-order valence-corrected chi connectivity index (χ3v) is 4.09. The standard InChI is InChI=1S/C19H15ClN2O3/c1-2-22-17-10-6-13(19(24)25)11-16(17)21-15(18(22)23)9-5-12-3-7-14(20)8-4-12/h3-11H,2H2,1H3,(H,24,25)/b9-5+. The Morgan fingerprint density at radius 3 is 2.56 bits per heavy atom. The fourth-order valence-electron chi connectivity index (χ4n) is 2.57. The minimum Gasteiger partial charge on any atom is -0.478 e. The molecule has 0 unspecified atom stereocenters. The van der Waals surface area contributed by atoms with Crippen molar-refractivity contribution in [3.05, 3.63) is 74.7 Å². The number of nitrogens with zero attached hydrogens (tertiary/aromatic N) is 2. The Hall–Kier alpha value is -2.92. The van der Waals surface area contributed by atoms with Crippen LogP contribution in [0.25, 0.3) is 23.2 Å². The zero-order valence-corrected chi connectivity index (χ0v) is 14.2. The lowest BCUT2D eigenvalue weighted by molar-refractivity contribution is 0.0697. The summed E-state index contributed by atoms with van der Waals surface area (Å²) in [5, 5.41) is 9.78. The molecule has 3 rings (SSSR count). The van der Waals surface area contributed by atoms with Gasteiger partial charge in [0.1, 0.15) is 5.69 Å². The molecule has 1 heterocycles. The van der Waals surface area contributed by atoms with Crippen molar-refractivity contribution >= 4 is 40.8 Å². The molecule has 25 heavy (non-hydrogen) atoms. The average Bonchev–Trinajstić information content (AvgIpc) is 2.61. The zero-order chi connectivity index (χ0) is 18.0. The lowest BCUT2D eigenvalue weighted by Crippen LogP contribution is -2.23. The van der Waals surface area contributed by atoms with Gasteiger partial charge in [-0.3, -0.25) is 4.79 Å². The largest absolute Gasteiger partial charge is 0.478 e. The molecule has 3 aromatic rings. The van der Waals surface area contributed by atoms with Crippen LogP contribution in [0.2, 0.25) is 5.02 Å². The maximum atomic E-state index is 12.6. The number of hydrogen-bond acceptors (Lipinski definition) is 3. The van der Waals surface area contributed by atoms with Gasteiger partial charge in [0, 0.05) is 11.6 Å². The van der Waals surface area contributed by atoms with Crippen molar-refractivity contribution < 1.29 is 9.90 Å². The van der Waals surface area contributed by atoms with Crippen LogP contribution in [-0.4, -0.2) is 20.6 Å². The van der Waals surface area contributed by atoms with Gasteiger partial charge in [-0.25, -0.2) is 9.78 Å². The SMILES string of the molecule is CCn1c(=O)c(/C=C/c2ccc(Cl)cc2)nc2cc(C(=O)O)ccc21. The molecule has 0 aliphatic heterocycles. The highest BCUT2D eigenvalue weighted by atomic mass is 35.5. The molecular formula is C19H15ClN2O3. The van der Waals surface area contributed by atoms with Crippen LogP contribution < -0.4 is 5.56 Å². The summed E-state index contributed by atoms with van der Waals surface area (Å²) in [5.41, 5.74) is 2.13. The Morgan fingerprint density at radius 2 is 1.92 bits per heavy atom. The second kappa shape index (κ2) is 6.91. The molecule has 0 bridgehead atoms. The molecule has 0 saturated heterocycles. The van der Waals surface area contributed by atoms with Crippen LogP contribution in [0, 0.1) is 0 Å². The van der Waals surface area contributed by atoms with Gasteiger partial charge in [-0.1, -0.05) is 29.8 Å². The van der Waals surface area contributed by atoms with Gasteiger partial charge in [0.25, 0.3) is 5.56 Å². The van der Waals surface area contributed by atoms with Crippen molar-refractivity contribution in [2.45, 2.75) is 13.5 Å². The first-order chi connectivity index (χ1) is 12.0. The van der Waals surface area contributed by atoms with Crippen molar-refractivity contribution in [1.82, 2.24) is 9.55 Å². The highest BCUT2D eigenvalue weighted by Gasteiger charge is 2.11. The molecule has 2 aromatic carbocycles. The molecule has 0 fully saturated rings.